The molecule has 1 aromatic carbocycles. The topological polar surface area (TPSA) is 58.4 Å². The number of rotatable bonds is 6. The Bertz CT molecular complexity index is 431. The molecule has 4 nitrogen and oxygen atoms in total. The number of nitrogens with one attached hydrogen (secondary N) is 1. The molecule has 2 rings (SSSR count). The van der Waals surface area contributed by atoms with Crippen molar-refractivity contribution in [3.8, 4) is 0 Å². The van der Waals surface area contributed by atoms with Crippen LogP contribution in [0.1, 0.15) is 24.0 Å². The van der Waals surface area contributed by atoms with E-state index in [1.807, 2.05) is 0 Å². The third kappa shape index (κ3) is 3.23. The predicted octanol–water partition coefficient (Wildman–Crippen LogP) is 1.03. The molecule has 0 atom stereocenters. The number of anilines is 1. The number of nitrogens with zero attached hydrogens (tertiary/aromatic N) is 1. The number of carbonyl (C=O) groups excluding carboxylic acids is 1. The van der Waals surface area contributed by atoms with E-state index in [-0.39, 0.29) is 5.91 Å². The lowest BCUT2D eigenvalue weighted by Crippen LogP contribution is -2.18. The summed E-state index contributed by atoms with van der Waals surface area (Å²) in [6, 6.07) is 6.64. The zero-order valence-electron chi connectivity index (χ0n) is 10.9. The van der Waals surface area contributed by atoms with E-state index in [0.717, 1.165) is 32.5 Å². The SMILES string of the molecule is CN1CCc2cc(CNCCCC(N)=O)ccc21. The summed E-state index contributed by atoms with van der Waals surface area (Å²) in [5.74, 6) is -0.225. The van der Waals surface area contributed by atoms with Crippen LogP contribution in [0.25, 0.3) is 0 Å². The Hall–Kier alpha value is -1.55. The molecule has 1 aliphatic rings. The molecule has 0 aliphatic carbocycles. The second-order valence-corrected chi connectivity index (χ2v) is 4.88. The van der Waals surface area contributed by atoms with Gasteiger partial charge in [-0.2, -0.15) is 0 Å². The lowest BCUT2D eigenvalue weighted by Gasteiger charge is -2.12. The Balaban J connectivity index is 1.79. The predicted molar refractivity (Wildman–Crippen MR) is 73.6 cm³/mol. The Labute approximate surface area is 108 Å². The summed E-state index contributed by atoms with van der Waals surface area (Å²) >= 11 is 0. The first-order chi connectivity index (χ1) is 8.66. The highest BCUT2D eigenvalue weighted by molar-refractivity contribution is 5.73. The Morgan fingerprint density at radius 1 is 1.50 bits per heavy atom. The Kier molecular flexibility index (Phi) is 4.20. The first-order valence-corrected chi connectivity index (χ1v) is 6.49. The van der Waals surface area contributed by atoms with E-state index in [1.54, 1.807) is 0 Å². The van der Waals surface area contributed by atoms with Gasteiger partial charge >= 0.3 is 0 Å². The maximum absolute atomic E-state index is 10.6. The van der Waals surface area contributed by atoms with Gasteiger partial charge in [0, 0.05) is 32.2 Å². The van der Waals surface area contributed by atoms with Crippen LogP contribution in [0.15, 0.2) is 18.2 Å². The Morgan fingerprint density at radius 2 is 2.33 bits per heavy atom. The molecule has 1 aliphatic heterocycles. The van der Waals surface area contributed by atoms with Gasteiger partial charge in [0.2, 0.25) is 5.91 Å². The van der Waals surface area contributed by atoms with E-state index in [1.165, 1.54) is 16.8 Å². The van der Waals surface area contributed by atoms with Crippen molar-refractivity contribution in [2.24, 2.45) is 5.73 Å². The number of primary amides is 1. The molecule has 0 unspecified atom stereocenters. The zero-order chi connectivity index (χ0) is 13.0. The van der Waals surface area contributed by atoms with Crippen LogP contribution >= 0.6 is 0 Å². The highest BCUT2D eigenvalue weighted by Gasteiger charge is 2.15. The van der Waals surface area contributed by atoms with Crippen molar-refractivity contribution in [2.75, 3.05) is 25.0 Å². The van der Waals surface area contributed by atoms with Gasteiger partial charge in [-0.3, -0.25) is 4.79 Å². The standard InChI is InChI=1S/C14H21N3O/c1-17-8-6-12-9-11(4-5-13(12)17)10-16-7-2-3-14(15)18/h4-5,9,16H,2-3,6-8,10H2,1H3,(H2,15,18). The minimum atomic E-state index is -0.225. The van der Waals surface area contributed by atoms with E-state index in [4.69, 9.17) is 5.73 Å². The number of fused-ring (bicyclic) bond motifs is 1. The number of likely N-dealkylation sites (N-methyl/N-ethyl adjacent to an activating group) is 1. The summed E-state index contributed by atoms with van der Waals surface area (Å²) in [6.07, 6.45) is 2.41. The average molecular weight is 247 g/mol. The van der Waals surface area contributed by atoms with Gasteiger partial charge in [-0.15, -0.1) is 0 Å². The lowest BCUT2D eigenvalue weighted by atomic mass is 10.1. The fraction of sp³-hybridized carbons (Fsp3) is 0.500. The molecule has 0 fully saturated rings. The third-order valence-corrected chi connectivity index (χ3v) is 3.38. The largest absolute Gasteiger partial charge is 0.374 e. The van der Waals surface area contributed by atoms with Crippen LogP contribution in [0, 0.1) is 0 Å². The van der Waals surface area contributed by atoms with Crippen LogP contribution in [0.4, 0.5) is 5.69 Å². The average Bonchev–Trinajstić information content (AvgIpc) is 2.70. The maximum Gasteiger partial charge on any atom is 0.217 e. The summed E-state index contributed by atoms with van der Waals surface area (Å²) in [4.78, 5) is 12.9. The molecule has 0 aromatic heterocycles. The summed E-state index contributed by atoms with van der Waals surface area (Å²) in [6.45, 7) is 2.81. The number of hydrogen-bond acceptors (Lipinski definition) is 3. The minimum Gasteiger partial charge on any atom is -0.374 e. The van der Waals surface area contributed by atoms with Gasteiger partial charge in [-0.05, 0) is 36.6 Å². The molecule has 0 saturated carbocycles. The molecule has 3 N–H and O–H groups in total. The Morgan fingerprint density at radius 3 is 3.11 bits per heavy atom. The van der Waals surface area contributed by atoms with Crippen molar-refractivity contribution >= 4 is 11.6 Å². The van der Waals surface area contributed by atoms with Gasteiger partial charge in [0.25, 0.3) is 0 Å². The molecule has 4 heteroatoms. The molecule has 98 valence electrons. The number of benzene rings is 1. The van der Waals surface area contributed by atoms with Gasteiger partial charge < -0.3 is 16.0 Å². The normalized spacial score (nSPS) is 13.7. The monoisotopic (exact) mass is 247 g/mol. The molecule has 1 amide bonds. The second-order valence-electron chi connectivity index (χ2n) is 4.88. The van der Waals surface area contributed by atoms with Crippen molar-refractivity contribution in [3.63, 3.8) is 0 Å². The molecule has 0 bridgehead atoms. The summed E-state index contributed by atoms with van der Waals surface area (Å²) in [5, 5.41) is 3.34. The van der Waals surface area contributed by atoms with Crippen LogP contribution < -0.4 is 16.0 Å². The number of hydrogen-bond donors (Lipinski definition) is 2. The molecule has 0 saturated heterocycles. The van der Waals surface area contributed by atoms with Crippen molar-refractivity contribution in [2.45, 2.75) is 25.8 Å². The van der Waals surface area contributed by atoms with E-state index < -0.39 is 0 Å². The minimum absolute atomic E-state index is 0.225. The quantitative estimate of drug-likeness (QED) is 0.738. The third-order valence-electron chi connectivity index (χ3n) is 3.38. The first kappa shape index (κ1) is 12.9. The van der Waals surface area contributed by atoms with Gasteiger partial charge in [0.05, 0.1) is 0 Å². The number of amides is 1. The molecule has 18 heavy (non-hydrogen) atoms. The molecule has 0 radical (unpaired) electrons. The van der Waals surface area contributed by atoms with Gasteiger partial charge in [-0.1, -0.05) is 12.1 Å². The summed E-state index contributed by atoms with van der Waals surface area (Å²) in [7, 11) is 2.13. The second kappa shape index (κ2) is 5.87. The smallest absolute Gasteiger partial charge is 0.217 e. The lowest BCUT2D eigenvalue weighted by molar-refractivity contribution is -0.118. The zero-order valence-corrected chi connectivity index (χ0v) is 10.9. The van der Waals surface area contributed by atoms with E-state index in [9.17, 15) is 4.79 Å². The van der Waals surface area contributed by atoms with Gasteiger partial charge in [0.1, 0.15) is 0 Å². The van der Waals surface area contributed by atoms with E-state index in [0.29, 0.717) is 6.42 Å². The van der Waals surface area contributed by atoms with Crippen LogP contribution in [0.3, 0.4) is 0 Å². The highest BCUT2D eigenvalue weighted by atomic mass is 16.1. The maximum atomic E-state index is 10.6. The van der Waals surface area contributed by atoms with Crippen LogP contribution in [0.2, 0.25) is 0 Å². The van der Waals surface area contributed by atoms with Gasteiger partial charge in [-0.25, -0.2) is 0 Å². The van der Waals surface area contributed by atoms with E-state index >= 15 is 0 Å². The molecular weight excluding hydrogens is 226 g/mol. The van der Waals surface area contributed by atoms with Crippen LogP contribution in [-0.2, 0) is 17.8 Å². The molecular formula is C14H21N3O. The fourth-order valence-corrected chi connectivity index (χ4v) is 2.35. The van der Waals surface area contributed by atoms with Crippen molar-refractivity contribution in [1.82, 2.24) is 5.32 Å². The van der Waals surface area contributed by atoms with Crippen molar-refractivity contribution < 1.29 is 4.79 Å². The van der Waals surface area contributed by atoms with Crippen molar-refractivity contribution in [1.29, 1.82) is 0 Å². The summed E-state index contributed by atoms with van der Waals surface area (Å²) in [5.41, 5.74) is 9.19. The first-order valence-electron chi connectivity index (χ1n) is 6.49. The van der Waals surface area contributed by atoms with E-state index in [2.05, 4.69) is 35.5 Å². The molecule has 1 heterocycles. The molecule has 1 aromatic rings. The number of carbonyl (C=O) groups is 1. The van der Waals surface area contributed by atoms with Crippen LogP contribution in [-0.4, -0.2) is 26.0 Å². The highest BCUT2D eigenvalue weighted by Crippen LogP contribution is 2.27. The fourth-order valence-electron chi connectivity index (χ4n) is 2.35. The summed E-state index contributed by atoms with van der Waals surface area (Å²) < 4.78 is 0. The van der Waals surface area contributed by atoms with Gasteiger partial charge in [0.15, 0.2) is 0 Å². The number of nitrogens with two attached hydrogens (primary N) is 1. The molecule has 0 spiro atoms. The van der Waals surface area contributed by atoms with Crippen LogP contribution in [0.5, 0.6) is 0 Å². The van der Waals surface area contributed by atoms with Crippen molar-refractivity contribution in [3.05, 3.63) is 29.3 Å².